The Morgan fingerprint density at radius 2 is 1.86 bits per heavy atom. The summed E-state index contributed by atoms with van der Waals surface area (Å²) in [7, 11) is -3.40. The molecule has 0 bridgehead atoms. The van der Waals surface area contributed by atoms with E-state index in [0.29, 0.717) is 6.42 Å². The molecule has 0 spiro atoms. The van der Waals surface area contributed by atoms with E-state index < -0.39 is 21.8 Å². The van der Waals surface area contributed by atoms with E-state index in [1.165, 1.54) is 12.1 Å². The highest BCUT2D eigenvalue weighted by Crippen LogP contribution is 2.15. The standard InChI is InChI=1S/C14H20BrNO4S/c1-10(2)9-13(14(17)18)16-7-8-21(19,20)12-5-3-11(15)4-6-12/h3-6,10,13,16H,7-9H2,1-2H3,(H,17,18). The van der Waals surface area contributed by atoms with Crippen LogP contribution in [-0.4, -0.2) is 37.8 Å². The van der Waals surface area contributed by atoms with Gasteiger partial charge in [0.2, 0.25) is 0 Å². The predicted octanol–water partition coefficient (Wildman–Crippen LogP) is 2.31. The van der Waals surface area contributed by atoms with E-state index in [1.54, 1.807) is 12.1 Å². The van der Waals surface area contributed by atoms with Crippen molar-refractivity contribution in [2.45, 2.75) is 31.2 Å². The fraction of sp³-hybridized carbons (Fsp3) is 0.500. The molecule has 5 nitrogen and oxygen atoms in total. The number of nitrogens with one attached hydrogen (secondary N) is 1. The molecule has 0 aliphatic heterocycles. The average molecular weight is 378 g/mol. The van der Waals surface area contributed by atoms with Gasteiger partial charge in [0.15, 0.2) is 9.84 Å². The molecular formula is C14H20BrNO4S. The van der Waals surface area contributed by atoms with Crippen molar-refractivity contribution >= 4 is 31.7 Å². The third-order valence-corrected chi connectivity index (χ3v) is 5.20. The summed E-state index contributed by atoms with van der Waals surface area (Å²) < 4.78 is 25.0. The van der Waals surface area contributed by atoms with Gasteiger partial charge in [0, 0.05) is 11.0 Å². The van der Waals surface area contributed by atoms with Crippen LogP contribution in [0.3, 0.4) is 0 Å². The Morgan fingerprint density at radius 1 is 1.29 bits per heavy atom. The Balaban J connectivity index is 2.61. The highest BCUT2D eigenvalue weighted by Gasteiger charge is 2.20. The maximum Gasteiger partial charge on any atom is 0.320 e. The van der Waals surface area contributed by atoms with Crippen LogP contribution >= 0.6 is 15.9 Å². The number of benzene rings is 1. The van der Waals surface area contributed by atoms with Gasteiger partial charge in [-0.2, -0.15) is 0 Å². The second-order valence-electron chi connectivity index (χ2n) is 5.25. The molecule has 0 aromatic heterocycles. The first-order valence-electron chi connectivity index (χ1n) is 6.67. The molecule has 7 heteroatoms. The van der Waals surface area contributed by atoms with Gasteiger partial charge in [-0.15, -0.1) is 0 Å². The highest BCUT2D eigenvalue weighted by atomic mass is 79.9. The van der Waals surface area contributed by atoms with Gasteiger partial charge in [-0.25, -0.2) is 8.42 Å². The molecule has 1 aromatic carbocycles. The van der Waals surface area contributed by atoms with Crippen LogP contribution in [-0.2, 0) is 14.6 Å². The largest absolute Gasteiger partial charge is 0.480 e. The number of sulfone groups is 1. The van der Waals surface area contributed by atoms with Crippen LogP contribution in [0.15, 0.2) is 33.6 Å². The summed E-state index contributed by atoms with van der Waals surface area (Å²) in [4.78, 5) is 11.3. The molecule has 0 fully saturated rings. The molecule has 0 aliphatic rings. The van der Waals surface area contributed by atoms with Gasteiger partial charge in [-0.1, -0.05) is 29.8 Å². The molecule has 21 heavy (non-hydrogen) atoms. The topological polar surface area (TPSA) is 83.5 Å². The summed E-state index contributed by atoms with van der Waals surface area (Å²) in [5.41, 5.74) is 0. The number of carbonyl (C=O) groups is 1. The van der Waals surface area contributed by atoms with E-state index in [2.05, 4.69) is 21.2 Å². The number of hydrogen-bond donors (Lipinski definition) is 2. The first-order valence-corrected chi connectivity index (χ1v) is 9.11. The summed E-state index contributed by atoms with van der Waals surface area (Å²) in [6, 6.07) is 5.67. The maximum atomic E-state index is 12.1. The lowest BCUT2D eigenvalue weighted by atomic mass is 10.0. The van der Waals surface area contributed by atoms with E-state index in [4.69, 9.17) is 5.11 Å². The monoisotopic (exact) mass is 377 g/mol. The lowest BCUT2D eigenvalue weighted by Gasteiger charge is -2.16. The van der Waals surface area contributed by atoms with E-state index in [9.17, 15) is 13.2 Å². The minimum absolute atomic E-state index is 0.113. The summed E-state index contributed by atoms with van der Waals surface area (Å²) in [6.07, 6.45) is 0.466. The van der Waals surface area contributed by atoms with Crippen LogP contribution in [0.5, 0.6) is 0 Å². The summed E-state index contributed by atoms with van der Waals surface area (Å²) in [5, 5.41) is 11.9. The Morgan fingerprint density at radius 3 is 2.33 bits per heavy atom. The van der Waals surface area contributed by atoms with Gasteiger partial charge in [0.1, 0.15) is 6.04 Å². The number of halogens is 1. The molecular weight excluding hydrogens is 358 g/mol. The normalized spacial score (nSPS) is 13.3. The highest BCUT2D eigenvalue weighted by molar-refractivity contribution is 9.10. The summed E-state index contributed by atoms with van der Waals surface area (Å²) >= 11 is 3.25. The van der Waals surface area contributed by atoms with Crippen molar-refractivity contribution < 1.29 is 18.3 Å². The number of rotatable bonds is 8. The molecule has 1 rings (SSSR count). The Labute approximate surface area is 133 Å². The first-order chi connectivity index (χ1) is 9.72. The minimum atomic E-state index is -3.40. The van der Waals surface area contributed by atoms with Crippen molar-refractivity contribution in [1.29, 1.82) is 0 Å². The molecule has 1 atom stereocenters. The molecule has 2 N–H and O–H groups in total. The first kappa shape index (κ1) is 18.1. The lowest BCUT2D eigenvalue weighted by molar-refractivity contribution is -0.139. The van der Waals surface area contributed by atoms with Crippen LogP contribution in [0, 0.1) is 5.92 Å². The average Bonchev–Trinajstić information content (AvgIpc) is 2.37. The molecule has 0 amide bonds. The number of aliphatic carboxylic acids is 1. The van der Waals surface area contributed by atoms with Gasteiger partial charge in [-0.05, 0) is 36.6 Å². The van der Waals surface area contributed by atoms with E-state index in [-0.39, 0.29) is 23.1 Å². The number of hydrogen-bond acceptors (Lipinski definition) is 4. The van der Waals surface area contributed by atoms with Gasteiger partial charge in [-0.3, -0.25) is 4.79 Å². The molecule has 1 aromatic rings. The van der Waals surface area contributed by atoms with Crippen molar-refractivity contribution in [1.82, 2.24) is 5.32 Å². The maximum absolute atomic E-state index is 12.1. The SMILES string of the molecule is CC(C)CC(NCCS(=O)(=O)c1ccc(Br)cc1)C(=O)O. The smallest absolute Gasteiger partial charge is 0.320 e. The molecule has 1 unspecified atom stereocenters. The van der Waals surface area contributed by atoms with Crippen LogP contribution in [0.2, 0.25) is 0 Å². The van der Waals surface area contributed by atoms with Crippen LogP contribution < -0.4 is 5.32 Å². The van der Waals surface area contributed by atoms with Crippen molar-refractivity contribution in [3.8, 4) is 0 Å². The van der Waals surface area contributed by atoms with E-state index >= 15 is 0 Å². The molecule has 0 heterocycles. The van der Waals surface area contributed by atoms with Crippen molar-refractivity contribution in [2.75, 3.05) is 12.3 Å². The Kier molecular flexibility index (Phi) is 6.83. The van der Waals surface area contributed by atoms with Crippen LogP contribution in [0.25, 0.3) is 0 Å². The van der Waals surface area contributed by atoms with Crippen molar-refractivity contribution in [3.63, 3.8) is 0 Å². The zero-order chi connectivity index (χ0) is 16.0. The second kappa shape index (κ2) is 7.91. The molecule has 0 radical (unpaired) electrons. The van der Waals surface area contributed by atoms with E-state index in [1.807, 2.05) is 13.8 Å². The Hall–Kier alpha value is -0.920. The van der Waals surface area contributed by atoms with Gasteiger partial charge in [0.05, 0.1) is 10.6 Å². The lowest BCUT2D eigenvalue weighted by Crippen LogP contribution is -2.40. The zero-order valence-electron chi connectivity index (χ0n) is 12.0. The fourth-order valence-electron chi connectivity index (χ4n) is 1.87. The van der Waals surface area contributed by atoms with E-state index in [0.717, 1.165) is 4.47 Å². The minimum Gasteiger partial charge on any atom is -0.480 e. The van der Waals surface area contributed by atoms with Gasteiger partial charge in [0.25, 0.3) is 0 Å². The molecule has 118 valence electrons. The number of carboxylic acids is 1. The summed E-state index contributed by atoms with van der Waals surface area (Å²) in [5.74, 6) is -0.859. The summed E-state index contributed by atoms with van der Waals surface area (Å²) in [6.45, 7) is 3.97. The molecule has 0 aliphatic carbocycles. The quantitative estimate of drug-likeness (QED) is 0.725. The van der Waals surface area contributed by atoms with Crippen LogP contribution in [0.1, 0.15) is 20.3 Å². The molecule has 0 saturated carbocycles. The predicted molar refractivity (Wildman–Crippen MR) is 85.1 cm³/mol. The zero-order valence-corrected chi connectivity index (χ0v) is 14.4. The third-order valence-electron chi connectivity index (χ3n) is 2.94. The second-order valence-corrected chi connectivity index (χ2v) is 8.27. The number of carboxylic acid groups (broad SMARTS) is 1. The third kappa shape index (κ3) is 6.15. The van der Waals surface area contributed by atoms with Crippen LogP contribution in [0.4, 0.5) is 0 Å². The van der Waals surface area contributed by atoms with Gasteiger partial charge < -0.3 is 10.4 Å². The fourth-order valence-corrected chi connectivity index (χ4v) is 3.31. The molecule has 0 saturated heterocycles. The van der Waals surface area contributed by atoms with Crippen molar-refractivity contribution in [3.05, 3.63) is 28.7 Å². The van der Waals surface area contributed by atoms with Crippen molar-refractivity contribution in [2.24, 2.45) is 5.92 Å². The Bertz CT molecular complexity index is 569. The van der Waals surface area contributed by atoms with Gasteiger partial charge >= 0.3 is 5.97 Å².